The van der Waals surface area contributed by atoms with E-state index < -0.39 is 28.9 Å². The Hall–Kier alpha value is 2.92. The molecule has 23 valence electrons. The van der Waals surface area contributed by atoms with E-state index in [2.05, 4.69) is 23.9 Å². The summed E-state index contributed by atoms with van der Waals surface area (Å²) < 4.78 is 0. The van der Waals surface area contributed by atoms with Crippen LogP contribution in [0.25, 0.3) is 0 Å². The van der Waals surface area contributed by atoms with Crippen LogP contribution in [0.1, 0.15) is 0 Å². The third kappa shape index (κ3) is 8.87. The molecule has 0 rings (SSSR count). The second-order valence-electron chi connectivity index (χ2n) is 0.303. The van der Waals surface area contributed by atoms with Crippen LogP contribution in [-0.2, 0) is 0 Å². The summed E-state index contributed by atoms with van der Waals surface area (Å²) in [5.74, 6) is 0. The van der Waals surface area contributed by atoms with E-state index in [1.165, 1.54) is 0 Å². The van der Waals surface area contributed by atoms with Crippen LogP contribution in [-0.4, -0.2) is 28.9 Å². The summed E-state index contributed by atoms with van der Waals surface area (Å²) in [6, 6.07) is 0. The van der Waals surface area contributed by atoms with Gasteiger partial charge >= 0.3 is 52.8 Å². The standard InChI is InChI=1S/3BrH.Sr/h3*1H;/q;;;+3/p-3. The molecule has 0 aromatic carbocycles. The van der Waals surface area contributed by atoms with E-state index in [-0.39, 0.29) is 0 Å². The van der Waals surface area contributed by atoms with Crippen molar-refractivity contribution in [1.82, 2.24) is 0 Å². The maximum absolute atomic E-state index is 3.33. The maximum atomic E-state index is 3.33. The Morgan fingerprint density at radius 3 is 1.00 bits per heavy atom. The Kier molecular flexibility index (Phi) is 7.08. The molecular weight excluding hydrogens is 327 g/mol. The van der Waals surface area contributed by atoms with E-state index in [4.69, 9.17) is 0 Å². The molecule has 0 bridgehead atoms. The van der Waals surface area contributed by atoms with Gasteiger partial charge in [0.15, 0.2) is 0 Å². The minimum atomic E-state index is -1.29. The van der Waals surface area contributed by atoms with Crippen LogP contribution < -0.4 is 0 Å². The summed E-state index contributed by atoms with van der Waals surface area (Å²) in [5, 5.41) is 0. The van der Waals surface area contributed by atoms with Crippen molar-refractivity contribution >= 4 is 52.8 Å². The number of halogens is 3. The van der Waals surface area contributed by atoms with Crippen LogP contribution in [0.15, 0.2) is 0 Å². The predicted octanol–water partition coefficient (Wildman–Crippen LogP) is 2.16. The third-order valence-corrected chi connectivity index (χ3v) is 0. The van der Waals surface area contributed by atoms with Crippen molar-refractivity contribution in [2.24, 2.45) is 0 Å². The summed E-state index contributed by atoms with van der Waals surface area (Å²) >= 11 is -1.29. The van der Waals surface area contributed by atoms with Crippen molar-refractivity contribution in [3.63, 3.8) is 0 Å². The molecule has 0 amide bonds. The second kappa shape index (κ2) is 4.09. The van der Waals surface area contributed by atoms with Gasteiger partial charge in [-0.05, 0) is 0 Å². The molecule has 3 radical (unpaired) electrons. The summed E-state index contributed by atoms with van der Waals surface area (Å²) in [7, 11) is 9.98. The van der Waals surface area contributed by atoms with Gasteiger partial charge in [0.2, 0.25) is 0 Å². The second-order valence-corrected chi connectivity index (χ2v) is 48.4. The molecule has 0 saturated carbocycles. The van der Waals surface area contributed by atoms with Crippen LogP contribution in [0.3, 0.4) is 0 Å². The van der Waals surface area contributed by atoms with Gasteiger partial charge in [0.25, 0.3) is 0 Å². The summed E-state index contributed by atoms with van der Waals surface area (Å²) in [6.45, 7) is 0. The first-order valence-electron chi connectivity index (χ1n) is 0.802. The van der Waals surface area contributed by atoms with Gasteiger partial charge < -0.3 is 0 Å². The SMILES string of the molecule is [Br][Sr]([Br])[Br]. The Labute approximate surface area is 50.7 Å². The molecule has 0 fully saturated rings. The van der Waals surface area contributed by atoms with Gasteiger partial charge in [0, 0.05) is 0 Å². The van der Waals surface area contributed by atoms with E-state index in [1.807, 2.05) is 0 Å². The molecule has 0 aromatic heterocycles. The molecule has 0 heterocycles. The number of rotatable bonds is 0. The van der Waals surface area contributed by atoms with Crippen LogP contribution in [0.2, 0.25) is 0 Å². The molecule has 0 unspecified atom stereocenters. The Morgan fingerprint density at radius 2 is 1.00 bits per heavy atom. The molecule has 0 nitrogen and oxygen atoms in total. The van der Waals surface area contributed by atoms with Crippen LogP contribution in [0.5, 0.6) is 0 Å². The topological polar surface area (TPSA) is 0 Å². The quantitative estimate of drug-likeness (QED) is 0.598. The number of hydrogen-bond donors (Lipinski definition) is 0. The molecular formula is Br3Sr. The Balaban J connectivity index is 2.32. The first kappa shape index (κ1) is 6.92. The molecule has 0 aromatic rings. The average molecular weight is 327 g/mol. The Bertz CT molecular complexity index is 8.00. The van der Waals surface area contributed by atoms with E-state index in [1.54, 1.807) is 0 Å². The van der Waals surface area contributed by atoms with Crippen molar-refractivity contribution in [2.45, 2.75) is 0 Å². The van der Waals surface area contributed by atoms with Crippen molar-refractivity contribution in [3.05, 3.63) is 0 Å². The fourth-order valence-electron chi connectivity index (χ4n) is 0. The van der Waals surface area contributed by atoms with Gasteiger partial charge in [0.05, 0.1) is 0 Å². The fraction of sp³-hybridized carbons (Fsp3) is 0. The van der Waals surface area contributed by atoms with Crippen LogP contribution >= 0.6 is 23.9 Å². The summed E-state index contributed by atoms with van der Waals surface area (Å²) in [5.41, 5.74) is 0. The first-order valence-corrected chi connectivity index (χ1v) is 24.6. The van der Waals surface area contributed by atoms with E-state index in [0.29, 0.717) is 0 Å². The zero-order valence-corrected chi connectivity index (χ0v) is 10.1. The van der Waals surface area contributed by atoms with Crippen molar-refractivity contribution < 1.29 is 0 Å². The Morgan fingerprint density at radius 1 is 1.00 bits per heavy atom. The first-order chi connectivity index (χ1) is 1.73. The summed E-state index contributed by atoms with van der Waals surface area (Å²) in [6.07, 6.45) is 0. The monoisotopic (exact) mass is 325 g/mol. The van der Waals surface area contributed by atoms with Gasteiger partial charge in [-0.25, -0.2) is 0 Å². The normalized spacial score (nSPS) is 9.00. The zero-order valence-electron chi connectivity index (χ0n) is 1.84. The van der Waals surface area contributed by atoms with Gasteiger partial charge in [-0.15, -0.1) is 0 Å². The summed E-state index contributed by atoms with van der Waals surface area (Å²) in [4.78, 5) is 0. The molecule has 0 atom stereocenters. The van der Waals surface area contributed by atoms with E-state index in [0.717, 1.165) is 0 Å². The molecule has 0 spiro atoms. The van der Waals surface area contributed by atoms with Gasteiger partial charge in [-0.1, -0.05) is 0 Å². The van der Waals surface area contributed by atoms with Crippen molar-refractivity contribution in [3.8, 4) is 0 Å². The van der Waals surface area contributed by atoms with Crippen LogP contribution in [0.4, 0.5) is 0 Å². The molecule has 4 heavy (non-hydrogen) atoms. The van der Waals surface area contributed by atoms with Gasteiger partial charge in [-0.3, -0.25) is 0 Å². The molecule has 0 N–H and O–H groups in total. The number of hydrogen-bond acceptors (Lipinski definition) is 0. The predicted molar refractivity (Wildman–Crippen MR) is 32.5 cm³/mol. The average Bonchev–Trinajstić information content (AvgIpc) is 0.811. The van der Waals surface area contributed by atoms with E-state index >= 15 is 0 Å². The third-order valence-electron chi connectivity index (χ3n) is 0. The minimum absolute atomic E-state index is 1.29. The molecule has 0 aliphatic carbocycles. The molecule has 4 heteroatoms. The zero-order chi connectivity index (χ0) is 3.58. The molecule has 0 aliphatic heterocycles. The van der Waals surface area contributed by atoms with Gasteiger partial charge in [-0.2, -0.15) is 0 Å². The fourth-order valence-corrected chi connectivity index (χ4v) is 0. The van der Waals surface area contributed by atoms with E-state index in [9.17, 15) is 0 Å². The van der Waals surface area contributed by atoms with Crippen molar-refractivity contribution in [2.75, 3.05) is 0 Å². The van der Waals surface area contributed by atoms with Gasteiger partial charge in [0.1, 0.15) is 0 Å². The molecule has 0 aliphatic rings. The molecule has 0 saturated heterocycles. The van der Waals surface area contributed by atoms with Crippen molar-refractivity contribution in [1.29, 1.82) is 0 Å². The van der Waals surface area contributed by atoms with Crippen LogP contribution in [0, 0.1) is 0 Å².